The van der Waals surface area contributed by atoms with E-state index in [1.54, 1.807) is 28.2 Å². The molecule has 1 N–H and O–H groups in total. The number of carbonyl (C=O) groups excluding carboxylic acids is 1. The van der Waals surface area contributed by atoms with Gasteiger partial charge in [0.15, 0.2) is 5.82 Å². The van der Waals surface area contributed by atoms with Crippen LogP contribution >= 0.6 is 11.3 Å². The van der Waals surface area contributed by atoms with E-state index in [1.165, 1.54) is 7.11 Å². The average Bonchev–Trinajstić information content (AvgIpc) is 3.23. The topological polar surface area (TPSA) is 81.9 Å². The van der Waals surface area contributed by atoms with Crippen LogP contribution in [0.15, 0.2) is 29.6 Å². The molecule has 1 atom stereocenters. The summed E-state index contributed by atoms with van der Waals surface area (Å²) in [5.41, 5.74) is 1.91. The molecule has 0 spiro atoms. The number of hydrogen-bond donors (Lipinski definition) is 1. The third kappa shape index (κ3) is 2.35. The first-order valence-electron chi connectivity index (χ1n) is 7.48. The van der Waals surface area contributed by atoms with Gasteiger partial charge in [0.25, 0.3) is 0 Å². The van der Waals surface area contributed by atoms with Crippen molar-refractivity contribution in [1.82, 2.24) is 20.0 Å². The van der Waals surface area contributed by atoms with Crippen molar-refractivity contribution >= 4 is 23.1 Å². The lowest BCUT2D eigenvalue weighted by molar-refractivity contribution is -0.116. The van der Waals surface area contributed by atoms with Gasteiger partial charge in [0.05, 0.1) is 12.8 Å². The maximum absolute atomic E-state index is 12.2. The van der Waals surface area contributed by atoms with E-state index in [1.807, 2.05) is 18.4 Å². The van der Waals surface area contributed by atoms with Crippen molar-refractivity contribution in [3.8, 4) is 11.7 Å². The van der Waals surface area contributed by atoms with Crippen LogP contribution in [0, 0.1) is 6.92 Å². The number of rotatable bonds is 3. The molecule has 1 aliphatic rings. The highest BCUT2D eigenvalue weighted by molar-refractivity contribution is 7.10. The van der Waals surface area contributed by atoms with E-state index in [-0.39, 0.29) is 11.8 Å². The van der Waals surface area contributed by atoms with Gasteiger partial charge in [0.1, 0.15) is 5.82 Å². The number of carbonyl (C=O) groups is 1. The lowest BCUT2D eigenvalue weighted by Crippen LogP contribution is -2.24. The average molecular weight is 341 g/mol. The maximum Gasteiger partial charge on any atom is 0.233 e. The first-order chi connectivity index (χ1) is 11.7. The SMILES string of the molecule is COc1ccc(-n2nc(C)c3c2NC(=O)CC3c2cccs2)nn1. The summed E-state index contributed by atoms with van der Waals surface area (Å²) in [6.45, 7) is 1.95. The van der Waals surface area contributed by atoms with Crippen LogP contribution in [0.1, 0.15) is 28.5 Å². The first kappa shape index (κ1) is 14.8. The number of nitrogens with one attached hydrogen (secondary N) is 1. The second-order valence-electron chi connectivity index (χ2n) is 5.51. The Hall–Kier alpha value is -2.74. The molecule has 4 rings (SSSR count). The Morgan fingerprint density at radius 3 is 2.88 bits per heavy atom. The molecule has 0 fully saturated rings. The number of hydrogen-bond acceptors (Lipinski definition) is 6. The molecule has 24 heavy (non-hydrogen) atoms. The number of thiophene rings is 1. The Morgan fingerprint density at radius 2 is 2.21 bits per heavy atom. The van der Waals surface area contributed by atoms with E-state index in [0.29, 0.717) is 23.9 Å². The van der Waals surface area contributed by atoms with E-state index in [9.17, 15) is 4.79 Å². The molecule has 1 aliphatic heterocycles. The molecule has 0 saturated carbocycles. The number of ether oxygens (including phenoxy) is 1. The minimum atomic E-state index is -0.0245. The summed E-state index contributed by atoms with van der Waals surface area (Å²) in [5.74, 6) is 1.63. The summed E-state index contributed by atoms with van der Waals surface area (Å²) >= 11 is 1.65. The van der Waals surface area contributed by atoms with E-state index in [4.69, 9.17) is 4.74 Å². The number of nitrogens with zero attached hydrogens (tertiary/aromatic N) is 4. The number of aromatic nitrogens is 4. The minimum Gasteiger partial charge on any atom is -0.480 e. The molecule has 4 heterocycles. The Morgan fingerprint density at radius 1 is 1.33 bits per heavy atom. The highest BCUT2D eigenvalue weighted by Gasteiger charge is 2.33. The summed E-state index contributed by atoms with van der Waals surface area (Å²) in [5, 5.41) is 17.6. The van der Waals surface area contributed by atoms with Crippen LogP contribution in [0.5, 0.6) is 5.88 Å². The van der Waals surface area contributed by atoms with Crippen LogP contribution < -0.4 is 10.1 Å². The number of anilines is 1. The van der Waals surface area contributed by atoms with Crippen LogP contribution in [0.3, 0.4) is 0 Å². The fourth-order valence-electron chi connectivity index (χ4n) is 2.98. The summed E-state index contributed by atoms with van der Waals surface area (Å²) in [7, 11) is 1.54. The summed E-state index contributed by atoms with van der Waals surface area (Å²) in [6, 6.07) is 7.54. The highest BCUT2D eigenvalue weighted by atomic mass is 32.1. The van der Waals surface area contributed by atoms with Gasteiger partial charge in [-0.25, -0.2) is 0 Å². The lowest BCUT2D eigenvalue weighted by atomic mass is 9.91. The van der Waals surface area contributed by atoms with Crippen molar-refractivity contribution in [3.63, 3.8) is 0 Å². The van der Waals surface area contributed by atoms with Crippen LogP contribution in [0.4, 0.5) is 5.82 Å². The molecule has 0 aliphatic carbocycles. The molecule has 0 aromatic carbocycles. The predicted octanol–water partition coefficient (Wildman–Crippen LogP) is 2.51. The minimum absolute atomic E-state index is 0.0220. The van der Waals surface area contributed by atoms with E-state index in [0.717, 1.165) is 16.1 Å². The van der Waals surface area contributed by atoms with Crippen molar-refractivity contribution in [2.24, 2.45) is 0 Å². The molecule has 8 heteroatoms. The van der Waals surface area contributed by atoms with Gasteiger partial charge in [-0.05, 0) is 24.4 Å². The zero-order valence-corrected chi connectivity index (χ0v) is 14.0. The molecule has 3 aromatic heterocycles. The Bertz CT molecular complexity index is 886. The summed E-state index contributed by atoms with van der Waals surface area (Å²) in [4.78, 5) is 13.4. The number of methoxy groups -OCH3 is 1. The van der Waals surface area contributed by atoms with Gasteiger partial charge in [0.2, 0.25) is 11.8 Å². The van der Waals surface area contributed by atoms with Gasteiger partial charge < -0.3 is 10.1 Å². The number of fused-ring (bicyclic) bond motifs is 1. The molecule has 1 amide bonds. The van der Waals surface area contributed by atoms with Crippen LogP contribution in [0.2, 0.25) is 0 Å². The highest BCUT2D eigenvalue weighted by Crippen LogP contribution is 2.41. The lowest BCUT2D eigenvalue weighted by Gasteiger charge is -2.23. The third-order valence-electron chi connectivity index (χ3n) is 4.04. The van der Waals surface area contributed by atoms with Crippen molar-refractivity contribution < 1.29 is 9.53 Å². The second kappa shape index (κ2) is 5.72. The van der Waals surface area contributed by atoms with Gasteiger partial charge in [0, 0.05) is 28.8 Å². The van der Waals surface area contributed by atoms with Crippen molar-refractivity contribution in [2.75, 3.05) is 12.4 Å². The van der Waals surface area contributed by atoms with E-state index >= 15 is 0 Å². The molecule has 122 valence electrons. The number of amides is 1. The van der Waals surface area contributed by atoms with Gasteiger partial charge >= 0.3 is 0 Å². The number of aryl methyl sites for hydroxylation is 1. The maximum atomic E-state index is 12.2. The first-order valence-corrected chi connectivity index (χ1v) is 8.36. The monoisotopic (exact) mass is 341 g/mol. The normalized spacial score (nSPS) is 16.6. The van der Waals surface area contributed by atoms with Crippen molar-refractivity contribution in [2.45, 2.75) is 19.3 Å². The van der Waals surface area contributed by atoms with Crippen LogP contribution in [-0.2, 0) is 4.79 Å². The molecular formula is C16H15N5O2S. The van der Waals surface area contributed by atoms with Crippen molar-refractivity contribution in [3.05, 3.63) is 45.8 Å². The molecule has 0 radical (unpaired) electrons. The van der Waals surface area contributed by atoms with E-state index in [2.05, 4.69) is 26.7 Å². The Labute approximate surface area is 142 Å². The summed E-state index contributed by atoms with van der Waals surface area (Å²) in [6.07, 6.45) is 0.425. The largest absolute Gasteiger partial charge is 0.480 e. The molecule has 7 nitrogen and oxygen atoms in total. The molecule has 0 saturated heterocycles. The quantitative estimate of drug-likeness (QED) is 0.791. The predicted molar refractivity (Wildman–Crippen MR) is 89.9 cm³/mol. The fraction of sp³-hybridized carbons (Fsp3) is 0.250. The Balaban J connectivity index is 1.84. The van der Waals surface area contributed by atoms with Crippen LogP contribution in [0.25, 0.3) is 5.82 Å². The van der Waals surface area contributed by atoms with Gasteiger partial charge in [-0.3, -0.25) is 4.79 Å². The third-order valence-corrected chi connectivity index (χ3v) is 5.03. The molecule has 3 aromatic rings. The molecule has 1 unspecified atom stereocenters. The molecule has 0 bridgehead atoms. The summed E-state index contributed by atoms with van der Waals surface area (Å²) < 4.78 is 6.67. The van der Waals surface area contributed by atoms with Crippen molar-refractivity contribution in [1.29, 1.82) is 0 Å². The van der Waals surface area contributed by atoms with Crippen LogP contribution in [-0.4, -0.2) is 33.0 Å². The molecular weight excluding hydrogens is 326 g/mol. The standard InChI is InChI=1S/C16H15N5O2S/c1-9-15-10(11-4-3-7-24-11)8-13(22)17-16(15)21(20-9)12-5-6-14(23-2)19-18-12/h3-7,10H,8H2,1-2H3,(H,17,22). The smallest absolute Gasteiger partial charge is 0.233 e. The second-order valence-corrected chi connectivity index (χ2v) is 6.49. The Kier molecular flexibility index (Phi) is 3.53. The zero-order valence-electron chi connectivity index (χ0n) is 13.2. The fourth-order valence-corrected chi connectivity index (χ4v) is 3.82. The van der Waals surface area contributed by atoms with E-state index < -0.39 is 0 Å². The van der Waals surface area contributed by atoms with Gasteiger partial charge in [-0.2, -0.15) is 9.78 Å². The van der Waals surface area contributed by atoms with Gasteiger partial charge in [-0.1, -0.05) is 6.07 Å². The van der Waals surface area contributed by atoms with Gasteiger partial charge in [-0.15, -0.1) is 21.5 Å². The zero-order chi connectivity index (χ0) is 16.7.